The predicted octanol–water partition coefficient (Wildman–Crippen LogP) is 0.775. The molecule has 8 heteroatoms. The molecule has 2 amide bonds. The van der Waals surface area contributed by atoms with Gasteiger partial charge in [-0.2, -0.15) is 8.78 Å². The molecule has 0 fully saturated rings. The molecule has 0 aliphatic carbocycles. The van der Waals surface area contributed by atoms with Crippen LogP contribution in [-0.4, -0.2) is 37.3 Å². The van der Waals surface area contributed by atoms with Gasteiger partial charge >= 0.3 is 12.3 Å². The van der Waals surface area contributed by atoms with Crippen LogP contribution in [0.15, 0.2) is 0 Å². The lowest BCUT2D eigenvalue weighted by Crippen LogP contribution is -2.48. The van der Waals surface area contributed by atoms with Gasteiger partial charge in [-0.3, -0.25) is 9.59 Å². The van der Waals surface area contributed by atoms with Crippen molar-refractivity contribution in [3.8, 4) is 0 Å². The van der Waals surface area contributed by atoms with E-state index in [1.54, 1.807) is 0 Å². The van der Waals surface area contributed by atoms with E-state index >= 15 is 0 Å². The number of alkyl halides is 4. The van der Waals surface area contributed by atoms with Gasteiger partial charge in [-0.1, -0.05) is 13.8 Å². The normalized spacial score (nSPS) is 11.8. The maximum Gasteiger partial charge on any atom is 0.383 e. The van der Waals surface area contributed by atoms with Crippen LogP contribution in [0.4, 0.5) is 17.6 Å². The highest BCUT2D eigenvalue weighted by molar-refractivity contribution is 5.88. The first kappa shape index (κ1) is 15.7. The summed E-state index contributed by atoms with van der Waals surface area (Å²) in [6.07, 6.45) is -4.10. The molecule has 0 bridgehead atoms. The molecule has 0 rings (SSSR count). The SMILES string of the molecule is CC(C)CNC(=O)CNC(=O)C(F)(F)C(F)F. The highest BCUT2D eigenvalue weighted by Gasteiger charge is 2.48. The molecule has 0 aromatic carbocycles. The van der Waals surface area contributed by atoms with E-state index < -0.39 is 30.7 Å². The van der Waals surface area contributed by atoms with E-state index in [1.165, 1.54) is 5.32 Å². The average molecular weight is 258 g/mol. The molecule has 0 aromatic heterocycles. The lowest BCUT2D eigenvalue weighted by Gasteiger charge is -2.14. The van der Waals surface area contributed by atoms with Gasteiger partial charge in [0.2, 0.25) is 5.91 Å². The first-order valence-corrected chi connectivity index (χ1v) is 4.88. The number of hydrogen-bond acceptors (Lipinski definition) is 2. The third-order valence-electron chi connectivity index (χ3n) is 1.69. The van der Waals surface area contributed by atoms with Crippen molar-refractivity contribution in [2.75, 3.05) is 13.1 Å². The van der Waals surface area contributed by atoms with Gasteiger partial charge in [-0.15, -0.1) is 0 Å². The maximum absolute atomic E-state index is 12.4. The minimum absolute atomic E-state index is 0.150. The van der Waals surface area contributed by atoms with E-state index in [9.17, 15) is 27.2 Å². The highest BCUT2D eigenvalue weighted by atomic mass is 19.3. The number of hydrogen-bond donors (Lipinski definition) is 2. The lowest BCUT2D eigenvalue weighted by atomic mass is 10.2. The zero-order valence-corrected chi connectivity index (χ0v) is 9.40. The van der Waals surface area contributed by atoms with Gasteiger partial charge in [-0.25, -0.2) is 8.78 Å². The van der Waals surface area contributed by atoms with E-state index in [1.807, 2.05) is 13.8 Å². The molecular formula is C9H14F4N2O2. The van der Waals surface area contributed by atoms with Crippen molar-refractivity contribution in [1.29, 1.82) is 0 Å². The molecule has 0 radical (unpaired) electrons. The van der Waals surface area contributed by atoms with Crippen LogP contribution in [0.25, 0.3) is 0 Å². The van der Waals surface area contributed by atoms with Crippen LogP contribution in [0.3, 0.4) is 0 Å². The molecule has 0 spiro atoms. The van der Waals surface area contributed by atoms with Crippen molar-refractivity contribution in [3.63, 3.8) is 0 Å². The van der Waals surface area contributed by atoms with Crippen molar-refractivity contribution < 1.29 is 27.2 Å². The minimum Gasteiger partial charge on any atom is -0.354 e. The first-order chi connectivity index (χ1) is 7.67. The van der Waals surface area contributed by atoms with Crippen molar-refractivity contribution in [2.45, 2.75) is 26.2 Å². The Kier molecular flexibility index (Phi) is 5.90. The van der Waals surface area contributed by atoms with Gasteiger partial charge in [-0.05, 0) is 5.92 Å². The summed E-state index contributed by atoms with van der Waals surface area (Å²) in [6, 6.07) is 0. The van der Waals surface area contributed by atoms with Gasteiger partial charge in [0.25, 0.3) is 5.91 Å². The number of rotatable bonds is 6. The standard InChI is InChI=1S/C9H14F4N2O2/c1-5(2)3-14-6(16)4-15-8(17)9(12,13)7(10)11/h5,7H,3-4H2,1-2H3,(H,14,16)(H,15,17). The third kappa shape index (κ3) is 5.50. The van der Waals surface area contributed by atoms with Crippen molar-refractivity contribution in [3.05, 3.63) is 0 Å². The summed E-state index contributed by atoms with van der Waals surface area (Å²) in [5.74, 6) is -7.50. The second kappa shape index (κ2) is 6.41. The fourth-order valence-electron chi connectivity index (χ4n) is 0.758. The van der Waals surface area contributed by atoms with E-state index in [-0.39, 0.29) is 5.92 Å². The minimum atomic E-state index is -4.78. The summed E-state index contributed by atoms with van der Waals surface area (Å²) >= 11 is 0. The molecular weight excluding hydrogens is 244 g/mol. The molecule has 100 valence electrons. The quantitative estimate of drug-likeness (QED) is 0.691. The Morgan fingerprint density at radius 3 is 2.12 bits per heavy atom. The van der Waals surface area contributed by atoms with Crippen LogP contribution in [0.2, 0.25) is 0 Å². The zero-order valence-electron chi connectivity index (χ0n) is 9.40. The molecule has 17 heavy (non-hydrogen) atoms. The Morgan fingerprint density at radius 2 is 1.71 bits per heavy atom. The summed E-state index contributed by atoms with van der Waals surface area (Å²) < 4.78 is 48.3. The molecule has 0 aromatic rings. The number of halogens is 4. The molecule has 0 aliphatic heterocycles. The third-order valence-corrected chi connectivity index (χ3v) is 1.69. The smallest absolute Gasteiger partial charge is 0.354 e. The summed E-state index contributed by atoms with van der Waals surface area (Å²) in [4.78, 5) is 21.6. The van der Waals surface area contributed by atoms with E-state index in [2.05, 4.69) is 5.32 Å². The van der Waals surface area contributed by atoms with E-state index in [0.29, 0.717) is 6.54 Å². The number of carbonyl (C=O) groups is 2. The van der Waals surface area contributed by atoms with Crippen LogP contribution < -0.4 is 10.6 Å². The van der Waals surface area contributed by atoms with Gasteiger partial charge in [0, 0.05) is 6.54 Å². The molecule has 0 heterocycles. The fourth-order valence-corrected chi connectivity index (χ4v) is 0.758. The summed E-state index contributed by atoms with van der Waals surface area (Å²) in [5.41, 5.74) is 0. The van der Waals surface area contributed by atoms with Crippen LogP contribution in [0.5, 0.6) is 0 Å². The molecule has 0 aliphatic rings. The van der Waals surface area contributed by atoms with Gasteiger partial charge in [0.05, 0.1) is 6.54 Å². The molecule has 2 N–H and O–H groups in total. The van der Waals surface area contributed by atoms with Crippen molar-refractivity contribution >= 4 is 11.8 Å². The molecule has 4 nitrogen and oxygen atoms in total. The summed E-state index contributed by atoms with van der Waals surface area (Å²) in [7, 11) is 0. The Labute approximate surface area is 95.7 Å². The Bertz CT molecular complexity index is 282. The van der Waals surface area contributed by atoms with Crippen LogP contribution >= 0.6 is 0 Å². The van der Waals surface area contributed by atoms with Gasteiger partial charge < -0.3 is 10.6 Å². The number of nitrogens with one attached hydrogen (secondary N) is 2. The zero-order chi connectivity index (χ0) is 13.6. The van der Waals surface area contributed by atoms with E-state index in [0.717, 1.165) is 0 Å². The largest absolute Gasteiger partial charge is 0.383 e. The van der Waals surface area contributed by atoms with Crippen molar-refractivity contribution in [1.82, 2.24) is 10.6 Å². The van der Waals surface area contributed by atoms with Crippen LogP contribution in [0, 0.1) is 5.92 Å². The summed E-state index contributed by atoms with van der Waals surface area (Å²) in [5, 5.41) is 3.78. The Hall–Kier alpha value is -1.34. The topological polar surface area (TPSA) is 58.2 Å². The van der Waals surface area contributed by atoms with Crippen molar-refractivity contribution in [2.24, 2.45) is 5.92 Å². The van der Waals surface area contributed by atoms with Crippen LogP contribution in [0.1, 0.15) is 13.8 Å². The predicted molar refractivity (Wildman–Crippen MR) is 51.8 cm³/mol. The number of amides is 2. The highest BCUT2D eigenvalue weighted by Crippen LogP contribution is 2.22. The Balaban J connectivity index is 4.04. The number of carbonyl (C=O) groups excluding carboxylic acids is 2. The second-order valence-electron chi connectivity index (χ2n) is 3.80. The second-order valence-corrected chi connectivity index (χ2v) is 3.80. The maximum atomic E-state index is 12.4. The Morgan fingerprint density at radius 1 is 1.18 bits per heavy atom. The monoisotopic (exact) mass is 258 g/mol. The first-order valence-electron chi connectivity index (χ1n) is 4.88. The molecule has 0 saturated carbocycles. The van der Waals surface area contributed by atoms with Gasteiger partial charge in [0.1, 0.15) is 0 Å². The molecule has 0 unspecified atom stereocenters. The van der Waals surface area contributed by atoms with Crippen LogP contribution in [-0.2, 0) is 9.59 Å². The fraction of sp³-hybridized carbons (Fsp3) is 0.778. The van der Waals surface area contributed by atoms with Gasteiger partial charge in [0.15, 0.2) is 0 Å². The molecule has 0 saturated heterocycles. The van der Waals surface area contributed by atoms with E-state index in [4.69, 9.17) is 0 Å². The lowest BCUT2D eigenvalue weighted by molar-refractivity contribution is -0.169. The summed E-state index contributed by atoms with van der Waals surface area (Å²) in [6.45, 7) is 3.17. The molecule has 0 atom stereocenters. The average Bonchev–Trinajstić information content (AvgIpc) is 2.22.